The molecule has 2 amide bonds. The highest BCUT2D eigenvalue weighted by atomic mass is 32.2. The highest BCUT2D eigenvalue weighted by molar-refractivity contribution is 8.01. The molecule has 0 bridgehead atoms. The van der Waals surface area contributed by atoms with Crippen molar-refractivity contribution in [2.24, 2.45) is 11.8 Å². The molecule has 3 fully saturated rings. The summed E-state index contributed by atoms with van der Waals surface area (Å²) in [5.74, 6) is 1.05. The monoisotopic (exact) mass is 451 g/mol. The largest absolute Gasteiger partial charge is 0.324 e. The van der Waals surface area contributed by atoms with Gasteiger partial charge in [-0.25, -0.2) is 8.42 Å². The van der Waals surface area contributed by atoms with E-state index in [0.29, 0.717) is 42.8 Å². The van der Waals surface area contributed by atoms with Crippen molar-refractivity contribution in [1.29, 1.82) is 0 Å². The van der Waals surface area contributed by atoms with Gasteiger partial charge in [-0.1, -0.05) is 13.8 Å². The summed E-state index contributed by atoms with van der Waals surface area (Å²) in [6.45, 7) is 7.24. The number of nitrogens with zero attached hydrogens (tertiary/aromatic N) is 2. The van der Waals surface area contributed by atoms with Gasteiger partial charge in [-0.15, -0.1) is 11.8 Å². The Bertz CT molecular complexity index is 940. The molecule has 3 saturated heterocycles. The van der Waals surface area contributed by atoms with Crippen LogP contribution in [0, 0.1) is 11.8 Å². The summed E-state index contributed by atoms with van der Waals surface area (Å²) in [7, 11) is -3.55. The van der Waals surface area contributed by atoms with Crippen LogP contribution in [0.5, 0.6) is 0 Å². The van der Waals surface area contributed by atoms with Gasteiger partial charge in [-0.3, -0.25) is 9.59 Å². The molecule has 0 saturated carbocycles. The summed E-state index contributed by atoms with van der Waals surface area (Å²) >= 11 is 1.65. The third-order valence-corrected chi connectivity index (χ3v) is 9.69. The van der Waals surface area contributed by atoms with E-state index in [2.05, 4.69) is 19.2 Å². The topological polar surface area (TPSA) is 86.8 Å². The van der Waals surface area contributed by atoms with E-state index in [1.54, 1.807) is 45.2 Å². The van der Waals surface area contributed by atoms with Gasteiger partial charge in [0.1, 0.15) is 6.04 Å². The van der Waals surface area contributed by atoms with E-state index in [9.17, 15) is 18.0 Å². The number of benzene rings is 1. The SMILES string of the molecule is C[C@@H]1C[C@H](C)CN(S(=O)(=O)c2ccc(NC(=O)[C@H]3CS[C@]4(C)CCC(=O)N34)cc2)C1. The lowest BCUT2D eigenvalue weighted by molar-refractivity contribution is -0.135. The molecule has 1 N–H and O–H groups in total. The Hall–Kier alpha value is -1.58. The first-order chi connectivity index (χ1) is 14.1. The van der Waals surface area contributed by atoms with Gasteiger partial charge >= 0.3 is 0 Å². The van der Waals surface area contributed by atoms with E-state index < -0.39 is 16.1 Å². The van der Waals surface area contributed by atoms with Gasteiger partial charge in [0.2, 0.25) is 21.8 Å². The fourth-order valence-electron chi connectivity index (χ4n) is 4.90. The van der Waals surface area contributed by atoms with Gasteiger partial charge in [-0.05, 0) is 55.9 Å². The molecule has 0 radical (unpaired) electrons. The molecule has 30 heavy (non-hydrogen) atoms. The maximum atomic E-state index is 13.0. The molecule has 0 aliphatic carbocycles. The molecule has 0 spiro atoms. The second-order valence-electron chi connectivity index (χ2n) is 9.05. The van der Waals surface area contributed by atoms with Crippen LogP contribution in [0.25, 0.3) is 0 Å². The summed E-state index contributed by atoms with van der Waals surface area (Å²) in [6, 6.07) is 5.84. The van der Waals surface area contributed by atoms with E-state index in [0.717, 1.165) is 12.8 Å². The Morgan fingerprint density at radius 1 is 1.17 bits per heavy atom. The Morgan fingerprint density at radius 3 is 2.43 bits per heavy atom. The average Bonchev–Trinajstić information content (AvgIpc) is 3.17. The van der Waals surface area contributed by atoms with Crippen LogP contribution in [0.1, 0.15) is 40.0 Å². The Morgan fingerprint density at radius 2 is 1.80 bits per heavy atom. The van der Waals surface area contributed by atoms with Crippen molar-refractivity contribution in [2.75, 3.05) is 24.2 Å². The third kappa shape index (κ3) is 3.87. The lowest BCUT2D eigenvalue weighted by atomic mass is 9.94. The lowest BCUT2D eigenvalue weighted by Gasteiger charge is -2.34. The maximum Gasteiger partial charge on any atom is 0.248 e. The van der Waals surface area contributed by atoms with Crippen molar-refractivity contribution >= 4 is 39.3 Å². The minimum atomic E-state index is -3.55. The number of sulfonamides is 1. The molecule has 0 unspecified atom stereocenters. The quantitative estimate of drug-likeness (QED) is 0.761. The first kappa shape index (κ1) is 21.6. The summed E-state index contributed by atoms with van der Waals surface area (Å²) < 4.78 is 27.6. The second kappa shape index (κ2) is 7.84. The molecular formula is C21H29N3O4S2. The van der Waals surface area contributed by atoms with E-state index in [1.807, 2.05) is 6.92 Å². The van der Waals surface area contributed by atoms with Crippen LogP contribution >= 0.6 is 11.8 Å². The molecular weight excluding hydrogens is 422 g/mol. The maximum absolute atomic E-state index is 13.0. The van der Waals surface area contributed by atoms with E-state index in [-0.39, 0.29) is 21.6 Å². The molecule has 1 aromatic carbocycles. The molecule has 7 nitrogen and oxygen atoms in total. The molecule has 3 aliphatic rings. The normalized spacial score (nSPS) is 32.3. The number of hydrogen-bond donors (Lipinski definition) is 1. The first-order valence-electron chi connectivity index (χ1n) is 10.5. The van der Waals surface area contributed by atoms with Crippen molar-refractivity contribution < 1.29 is 18.0 Å². The van der Waals surface area contributed by atoms with Gasteiger partial charge < -0.3 is 10.2 Å². The number of amides is 2. The minimum Gasteiger partial charge on any atom is -0.324 e. The van der Waals surface area contributed by atoms with E-state index >= 15 is 0 Å². The molecule has 164 valence electrons. The highest BCUT2D eigenvalue weighted by Crippen LogP contribution is 2.47. The van der Waals surface area contributed by atoms with Gasteiger partial charge in [0.15, 0.2) is 0 Å². The van der Waals surface area contributed by atoms with Crippen molar-refractivity contribution in [2.45, 2.75) is 55.8 Å². The van der Waals surface area contributed by atoms with E-state index in [4.69, 9.17) is 0 Å². The van der Waals surface area contributed by atoms with Crippen LogP contribution in [0.4, 0.5) is 5.69 Å². The second-order valence-corrected chi connectivity index (χ2v) is 12.5. The number of hydrogen-bond acceptors (Lipinski definition) is 5. The number of nitrogens with one attached hydrogen (secondary N) is 1. The molecule has 3 heterocycles. The van der Waals surface area contributed by atoms with Gasteiger partial charge in [0.25, 0.3) is 0 Å². The number of piperidine rings is 1. The standard InChI is InChI=1S/C21H29N3O4S2/c1-14-10-15(2)12-23(11-14)30(27,28)17-6-4-16(5-7-17)22-20(26)18-13-29-21(3)9-8-19(25)24(18)21/h4-7,14-15,18H,8-13H2,1-3H3,(H,22,26)/t14-,15+,18-,21-/m1/s1. The molecule has 4 rings (SSSR count). The van der Waals surface area contributed by atoms with Gasteiger partial charge in [0, 0.05) is 31.0 Å². The molecule has 3 aliphatic heterocycles. The van der Waals surface area contributed by atoms with Crippen molar-refractivity contribution in [3.63, 3.8) is 0 Å². The molecule has 4 atom stereocenters. The molecule has 1 aromatic rings. The summed E-state index contributed by atoms with van der Waals surface area (Å²) in [5.41, 5.74) is 0.532. The van der Waals surface area contributed by atoms with Gasteiger partial charge in [-0.2, -0.15) is 4.31 Å². The van der Waals surface area contributed by atoms with Crippen molar-refractivity contribution in [1.82, 2.24) is 9.21 Å². The smallest absolute Gasteiger partial charge is 0.248 e. The number of rotatable bonds is 4. The third-order valence-electron chi connectivity index (χ3n) is 6.34. The average molecular weight is 452 g/mol. The van der Waals surface area contributed by atoms with Crippen molar-refractivity contribution in [3.8, 4) is 0 Å². The molecule has 0 aromatic heterocycles. The summed E-state index contributed by atoms with van der Waals surface area (Å²) in [6.07, 6.45) is 2.28. The summed E-state index contributed by atoms with van der Waals surface area (Å²) in [5, 5.41) is 2.85. The van der Waals surface area contributed by atoms with Crippen LogP contribution in [0.15, 0.2) is 29.2 Å². The zero-order chi connectivity index (χ0) is 21.7. The first-order valence-corrected chi connectivity index (χ1v) is 12.9. The summed E-state index contributed by atoms with van der Waals surface area (Å²) in [4.78, 5) is 26.7. The van der Waals surface area contributed by atoms with E-state index in [1.165, 1.54) is 0 Å². The zero-order valence-corrected chi connectivity index (χ0v) is 19.3. The highest BCUT2D eigenvalue weighted by Gasteiger charge is 2.52. The fourth-order valence-corrected chi connectivity index (χ4v) is 8.01. The fraction of sp³-hybridized carbons (Fsp3) is 0.619. The van der Waals surface area contributed by atoms with Crippen LogP contribution in [-0.4, -0.2) is 59.2 Å². The Kier molecular flexibility index (Phi) is 5.65. The van der Waals surface area contributed by atoms with Crippen LogP contribution in [0.3, 0.4) is 0 Å². The number of anilines is 1. The Labute approximate surface area is 182 Å². The number of carbonyl (C=O) groups excluding carboxylic acids is 2. The number of thioether (sulfide) groups is 1. The Balaban J connectivity index is 1.45. The minimum absolute atomic E-state index is 0.0223. The van der Waals surface area contributed by atoms with Crippen molar-refractivity contribution in [3.05, 3.63) is 24.3 Å². The van der Waals surface area contributed by atoms with Crippen LogP contribution in [-0.2, 0) is 19.6 Å². The lowest BCUT2D eigenvalue weighted by Crippen LogP contribution is -2.48. The van der Waals surface area contributed by atoms with Crippen LogP contribution < -0.4 is 5.32 Å². The predicted octanol–water partition coefficient (Wildman–Crippen LogP) is 2.75. The molecule has 9 heteroatoms. The van der Waals surface area contributed by atoms with Crippen LogP contribution in [0.2, 0.25) is 0 Å². The number of fused-ring (bicyclic) bond motifs is 1. The predicted molar refractivity (Wildman–Crippen MR) is 118 cm³/mol. The van der Waals surface area contributed by atoms with Gasteiger partial charge in [0.05, 0.1) is 9.77 Å². The number of carbonyl (C=O) groups is 2. The zero-order valence-electron chi connectivity index (χ0n) is 17.6.